The van der Waals surface area contributed by atoms with Crippen LogP contribution in [0.4, 0.5) is 5.82 Å². The summed E-state index contributed by atoms with van der Waals surface area (Å²) in [6, 6.07) is 11.2. The maximum absolute atomic E-state index is 12.1. The van der Waals surface area contributed by atoms with Gasteiger partial charge < -0.3 is 9.99 Å². The minimum Gasteiger partial charge on any atom is -0.308 e. The van der Waals surface area contributed by atoms with Crippen molar-refractivity contribution in [2.45, 2.75) is 6.54 Å². The van der Waals surface area contributed by atoms with Crippen LogP contribution in [0.5, 0.6) is 0 Å². The molecule has 0 radical (unpaired) electrons. The highest BCUT2D eigenvalue weighted by Gasteiger charge is 2.07. The summed E-state index contributed by atoms with van der Waals surface area (Å²) in [7, 11) is 0. The Hall–Kier alpha value is -2.73. The fourth-order valence-corrected chi connectivity index (χ4v) is 2.14. The number of hydrazine groups is 1. The van der Waals surface area contributed by atoms with Crippen molar-refractivity contribution < 1.29 is 0 Å². The van der Waals surface area contributed by atoms with Gasteiger partial charge in [0.1, 0.15) is 5.82 Å². The number of nitrogens with one attached hydrogen (secondary N) is 1. The van der Waals surface area contributed by atoms with Crippen molar-refractivity contribution in [2.24, 2.45) is 5.84 Å². The second-order valence-corrected chi connectivity index (χ2v) is 4.33. The molecule has 0 aliphatic carbocycles. The van der Waals surface area contributed by atoms with Gasteiger partial charge >= 0.3 is 0 Å². The van der Waals surface area contributed by atoms with Gasteiger partial charge in [-0.3, -0.25) is 4.79 Å². The number of benzene rings is 1. The molecule has 6 heteroatoms. The monoisotopic (exact) mass is 267 g/mol. The zero-order valence-electron chi connectivity index (χ0n) is 10.7. The van der Waals surface area contributed by atoms with E-state index >= 15 is 0 Å². The lowest BCUT2D eigenvalue weighted by Crippen LogP contribution is -2.22. The van der Waals surface area contributed by atoms with E-state index < -0.39 is 0 Å². The number of pyridine rings is 1. The van der Waals surface area contributed by atoms with Crippen molar-refractivity contribution in [1.82, 2.24) is 14.5 Å². The van der Waals surface area contributed by atoms with Crippen LogP contribution < -0.4 is 16.8 Å². The molecule has 3 rings (SSSR count). The zero-order chi connectivity index (χ0) is 13.9. The average Bonchev–Trinajstić information content (AvgIpc) is 2.50. The molecule has 1 aromatic carbocycles. The molecule has 0 unspecified atom stereocenters. The number of nitrogens with zero attached hydrogens (tertiary/aromatic N) is 3. The molecule has 3 aromatic rings. The summed E-state index contributed by atoms with van der Waals surface area (Å²) in [4.78, 5) is 20.3. The third-order valence-electron chi connectivity index (χ3n) is 3.11. The summed E-state index contributed by atoms with van der Waals surface area (Å²) in [5.74, 6) is 6.00. The summed E-state index contributed by atoms with van der Waals surface area (Å²) >= 11 is 0. The molecule has 100 valence electrons. The maximum atomic E-state index is 12.1. The minimum absolute atomic E-state index is 0.157. The van der Waals surface area contributed by atoms with Crippen LogP contribution in [0.3, 0.4) is 0 Å². The van der Waals surface area contributed by atoms with E-state index in [9.17, 15) is 4.79 Å². The zero-order valence-corrected chi connectivity index (χ0v) is 10.7. The van der Waals surface area contributed by atoms with E-state index in [0.717, 1.165) is 16.6 Å². The van der Waals surface area contributed by atoms with Gasteiger partial charge in [-0.1, -0.05) is 18.2 Å². The second-order valence-electron chi connectivity index (χ2n) is 4.33. The molecule has 3 N–H and O–H groups in total. The minimum atomic E-state index is -0.157. The maximum Gasteiger partial charge on any atom is 0.269 e. The molecule has 6 nitrogen and oxygen atoms in total. The molecule has 2 heterocycles. The molecule has 2 aromatic heterocycles. The second kappa shape index (κ2) is 5.10. The molecule has 0 spiro atoms. The van der Waals surface area contributed by atoms with Crippen molar-refractivity contribution in [3.63, 3.8) is 0 Å². The lowest BCUT2D eigenvalue weighted by Gasteiger charge is -2.11. The third-order valence-corrected chi connectivity index (χ3v) is 3.11. The summed E-state index contributed by atoms with van der Waals surface area (Å²) in [5.41, 5.74) is 4.79. The Bertz CT molecular complexity index is 812. The molecule has 0 amide bonds. The summed E-state index contributed by atoms with van der Waals surface area (Å²) in [6.07, 6.45) is 2.97. The molecule has 0 saturated heterocycles. The number of hydrogen-bond donors (Lipinski definition) is 2. The molecule has 0 atom stereocenters. The van der Waals surface area contributed by atoms with Crippen LogP contribution in [-0.2, 0) is 6.54 Å². The van der Waals surface area contributed by atoms with Crippen LogP contribution in [-0.4, -0.2) is 14.5 Å². The fraction of sp³-hybridized carbons (Fsp3) is 0.0714. The van der Waals surface area contributed by atoms with Crippen molar-refractivity contribution in [1.29, 1.82) is 0 Å². The predicted octanol–water partition coefficient (Wildman–Crippen LogP) is 1.13. The molecule has 20 heavy (non-hydrogen) atoms. The Kier molecular flexibility index (Phi) is 3.14. The van der Waals surface area contributed by atoms with Gasteiger partial charge in [0.05, 0.1) is 23.8 Å². The van der Waals surface area contributed by atoms with E-state index in [4.69, 9.17) is 5.84 Å². The van der Waals surface area contributed by atoms with Crippen LogP contribution in [0, 0.1) is 0 Å². The Balaban J connectivity index is 2.15. The first-order chi connectivity index (χ1) is 9.79. The quantitative estimate of drug-likeness (QED) is 0.548. The number of anilines is 1. The summed E-state index contributed by atoms with van der Waals surface area (Å²) < 4.78 is 1.65. The van der Waals surface area contributed by atoms with E-state index in [1.807, 2.05) is 36.4 Å². The summed E-state index contributed by atoms with van der Waals surface area (Å²) in [6.45, 7) is 0.384. The fourth-order valence-electron chi connectivity index (χ4n) is 2.14. The summed E-state index contributed by atoms with van der Waals surface area (Å²) in [5, 5.41) is 0. The van der Waals surface area contributed by atoms with Crippen LogP contribution in [0.2, 0.25) is 0 Å². The van der Waals surface area contributed by atoms with Crippen molar-refractivity contribution in [2.75, 3.05) is 5.43 Å². The van der Waals surface area contributed by atoms with Crippen molar-refractivity contribution in [3.8, 4) is 0 Å². The first-order valence-corrected chi connectivity index (χ1v) is 6.14. The van der Waals surface area contributed by atoms with E-state index in [0.29, 0.717) is 12.4 Å². The van der Waals surface area contributed by atoms with Gasteiger partial charge in [0, 0.05) is 11.8 Å². The number of aromatic nitrogens is 3. The number of nitrogen functional groups attached to an aromatic ring is 1. The van der Waals surface area contributed by atoms with Gasteiger partial charge in [-0.25, -0.2) is 15.8 Å². The van der Waals surface area contributed by atoms with Crippen molar-refractivity contribution in [3.05, 3.63) is 64.7 Å². The molecule has 0 aliphatic heterocycles. The van der Waals surface area contributed by atoms with E-state index in [-0.39, 0.29) is 5.56 Å². The lowest BCUT2D eigenvalue weighted by atomic mass is 10.2. The normalized spacial score (nSPS) is 10.7. The molecule has 0 fully saturated rings. The Morgan fingerprint density at radius 1 is 1.15 bits per heavy atom. The van der Waals surface area contributed by atoms with Gasteiger partial charge in [0.15, 0.2) is 0 Å². The van der Waals surface area contributed by atoms with Crippen LogP contribution in [0.25, 0.3) is 11.0 Å². The Labute approximate surface area is 114 Å². The SMILES string of the molecule is NNc1ncccc1Cn1c(=O)cnc2ccccc21. The van der Waals surface area contributed by atoms with Gasteiger partial charge in [0.25, 0.3) is 5.56 Å². The standard InChI is InChI=1S/C14H13N5O/c15-18-14-10(4-3-7-16-14)9-19-12-6-2-1-5-11(12)17-8-13(19)20/h1-8H,9,15H2,(H,16,18). The first kappa shape index (κ1) is 12.3. The number of fused-ring (bicyclic) bond motifs is 1. The van der Waals surface area contributed by atoms with Crippen LogP contribution in [0.1, 0.15) is 5.56 Å². The molecule has 0 aliphatic rings. The van der Waals surface area contributed by atoms with Crippen LogP contribution >= 0.6 is 0 Å². The third kappa shape index (κ3) is 2.12. The predicted molar refractivity (Wildman–Crippen MR) is 77.2 cm³/mol. The van der Waals surface area contributed by atoms with Gasteiger partial charge in [-0.05, 0) is 18.2 Å². The highest BCUT2D eigenvalue weighted by molar-refractivity contribution is 5.74. The highest BCUT2D eigenvalue weighted by Crippen LogP contribution is 2.14. The number of para-hydroxylation sites is 2. The smallest absolute Gasteiger partial charge is 0.269 e. The topological polar surface area (TPSA) is 85.8 Å². The first-order valence-electron chi connectivity index (χ1n) is 6.14. The number of hydrogen-bond acceptors (Lipinski definition) is 5. The Morgan fingerprint density at radius 3 is 2.85 bits per heavy atom. The molecular weight excluding hydrogens is 254 g/mol. The number of rotatable bonds is 3. The molecular formula is C14H13N5O. The highest BCUT2D eigenvalue weighted by atomic mass is 16.1. The van der Waals surface area contributed by atoms with Gasteiger partial charge in [-0.15, -0.1) is 0 Å². The lowest BCUT2D eigenvalue weighted by molar-refractivity contribution is 0.784. The van der Waals surface area contributed by atoms with Crippen molar-refractivity contribution >= 4 is 16.9 Å². The largest absolute Gasteiger partial charge is 0.308 e. The van der Waals surface area contributed by atoms with E-state index in [2.05, 4.69) is 15.4 Å². The molecule has 0 saturated carbocycles. The van der Waals surface area contributed by atoms with E-state index in [1.165, 1.54) is 6.20 Å². The number of nitrogens with two attached hydrogens (primary N) is 1. The average molecular weight is 267 g/mol. The van der Waals surface area contributed by atoms with E-state index in [1.54, 1.807) is 10.8 Å². The van der Waals surface area contributed by atoms with Gasteiger partial charge in [0.2, 0.25) is 0 Å². The Morgan fingerprint density at radius 2 is 2.00 bits per heavy atom. The van der Waals surface area contributed by atoms with Crippen LogP contribution in [0.15, 0.2) is 53.6 Å². The molecule has 0 bridgehead atoms. The van der Waals surface area contributed by atoms with Gasteiger partial charge in [-0.2, -0.15) is 0 Å².